The Morgan fingerprint density at radius 2 is 2.08 bits per heavy atom. The summed E-state index contributed by atoms with van der Waals surface area (Å²) in [6.07, 6.45) is 0.331. The Labute approximate surface area is 73.8 Å². The minimum Gasteiger partial charge on any atom is -0.386 e. The van der Waals surface area contributed by atoms with Gasteiger partial charge in [-0.1, -0.05) is 0 Å². The second kappa shape index (κ2) is 3.84. The number of halogens is 2. The summed E-state index contributed by atoms with van der Waals surface area (Å²) < 4.78 is 25.6. The van der Waals surface area contributed by atoms with Gasteiger partial charge in [-0.05, 0) is 6.07 Å². The fourth-order valence-corrected chi connectivity index (χ4v) is 0.976. The van der Waals surface area contributed by atoms with Gasteiger partial charge in [-0.25, -0.2) is 8.78 Å². The molecule has 1 aromatic carbocycles. The molecule has 2 N–H and O–H groups in total. The summed E-state index contributed by atoms with van der Waals surface area (Å²) in [7, 11) is 1.50. The Hall–Kier alpha value is -1.65. The van der Waals surface area contributed by atoms with Crippen molar-refractivity contribution < 1.29 is 13.6 Å². The topological polar surface area (TPSA) is 41.1 Å². The van der Waals surface area contributed by atoms with Crippen molar-refractivity contribution in [2.24, 2.45) is 0 Å². The predicted octanol–water partition coefficient (Wildman–Crippen LogP) is 1.57. The van der Waals surface area contributed by atoms with Crippen LogP contribution in [0.15, 0.2) is 12.1 Å². The number of carbonyl (C=O) groups is 1. The van der Waals surface area contributed by atoms with E-state index >= 15 is 0 Å². The number of anilines is 2. The van der Waals surface area contributed by atoms with E-state index in [0.717, 1.165) is 6.07 Å². The highest BCUT2D eigenvalue weighted by Gasteiger charge is 2.08. The molecule has 0 spiro atoms. The first kappa shape index (κ1) is 9.44. The van der Waals surface area contributed by atoms with Crippen LogP contribution < -0.4 is 10.6 Å². The Morgan fingerprint density at radius 3 is 2.62 bits per heavy atom. The van der Waals surface area contributed by atoms with Crippen molar-refractivity contribution in [1.82, 2.24) is 0 Å². The molecule has 0 unspecified atom stereocenters. The van der Waals surface area contributed by atoms with Crippen LogP contribution in [0.5, 0.6) is 0 Å². The number of rotatable bonds is 3. The van der Waals surface area contributed by atoms with Crippen molar-refractivity contribution in [2.45, 2.75) is 0 Å². The molecule has 3 nitrogen and oxygen atoms in total. The molecule has 0 heterocycles. The molecule has 0 aliphatic heterocycles. The lowest BCUT2D eigenvalue weighted by Gasteiger charge is -2.08. The predicted molar refractivity (Wildman–Crippen MR) is 45.6 cm³/mol. The van der Waals surface area contributed by atoms with Crippen LogP contribution in [0.4, 0.5) is 20.2 Å². The number of amides is 1. The lowest BCUT2D eigenvalue weighted by molar-refractivity contribution is -0.105. The molecule has 1 amide bonds. The standard InChI is InChI=1S/C8H8F2N2O/c1-11-7-3-5(9)2-6(10)8(7)12-4-13/h2-4,11H,1H3,(H,12,13). The SMILES string of the molecule is CNc1cc(F)cc(F)c1NC=O. The van der Waals surface area contributed by atoms with Crippen LogP contribution in [0, 0.1) is 11.6 Å². The fourth-order valence-electron chi connectivity index (χ4n) is 0.976. The van der Waals surface area contributed by atoms with Crippen LogP contribution in [0.3, 0.4) is 0 Å². The van der Waals surface area contributed by atoms with Crippen LogP contribution in [-0.4, -0.2) is 13.5 Å². The van der Waals surface area contributed by atoms with Gasteiger partial charge < -0.3 is 10.6 Å². The summed E-state index contributed by atoms with van der Waals surface area (Å²) >= 11 is 0. The summed E-state index contributed by atoms with van der Waals surface area (Å²) in [4.78, 5) is 10.1. The van der Waals surface area contributed by atoms with Gasteiger partial charge in [0, 0.05) is 13.1 Å². The molecule has 0 aliphatic rings. The molecule has 1 aromatic rings. The molecule has 13 heavy (non-hydrogen) atoms. The van der Waals surface area contributed by atoms with Gasteiger partial charge in [0.15, 0.2) is 5.82 Å². The highest BCUT2D eigenvalue weighted by Crippen LogP contribution is 2.25. The third-order valence-electron chi connectivity index (χ3n) is 1.53. The minimum atomic E-state index is -0.809. The molecule has 0 saturated heterocycles. The number of benzene rings is 1. The molecular formula is C8H8F2N2O. The van der Waals surface area contributed by atoms with Crippen molar-refractivity contribution in [3.63, 3.8) is 0 Å². The van der Waals surface area contributed by atoms with E-state index in [9.17, 15) is 13.6 Å². The van der Waals surface area contributed by atoms with E-state index in [1.54, 1.807) is 0 Å². The highest BCUT2D eigenvalue weighted by molar-refractivity contribution is 5.81. The van der Waals surface area contributed by atoms with Gasteiger partial charge in [-0.2, -0.15) is 0 Å². The molecule has 5 heteroatoms. The van der Waals surface area contributed by atoms with Crippen LogP contribution in [0.1, 0.15) is 0 Å². The zero-order valence-corrected chi connectivity index (χ0v) is 6.90. The molecule has 0 atom stereocenters. The van der Waals surface area contributed by atoms with Crippen molar-refractivity contribution in [3.05, 3.63) is 23.8 Å². The quantitative estimate of drug-likeness (QED) is 0.703. The molecule has 0 bridgehead atoms. The Balaban J connectivity index is 3.20. The van der Waals surface area contributed by atoms with Gasteiger partial charge in [0.25, 0.3) is 0 Å². The molecule has 0 radical (unpaired) electrons. The lowest BCUT2D eigenvalue weighted by Crippen LogP contribution is -2.03. The Morgan fingerprint density at radius 1 is 1.38 bits per heavy atom. The zero-order chi connectivity index (χ0) is 9.84. The molecule has 0 saturated carbocycles. The fraction of sp³-hybridized carbons (Fsp3) is 0.125. The number of hydrogen-bond acceptors (Lipinski definition) is 2. The van der Waals surface area contributed by atoms with Crippen LogP contribution >= 0.6 is 0 Å². The first-order chi connectivity index (χ1) is 6.19. The minimum absolute atomic E-state index is 0.0566. The number of nitrogens with one attached hydrogen (secondary N) is 2. The third-order valence-corrected chi connectivity index (χ3v) is 1.53. The smallest absolute Gasteiger partial charge is 0.211 e. The van der Waals surface area contributed by atoms with Gasteiger partial charge in [0.1, 0.15) is 11.5 Å². The van der Waals surface area contributed by atoms with Crippen LogP contribution in [0.2, 0.25) is 0 Å². The van der Waals surface area contributed by atoms with Gasteiger partial charge in [-0.3, -0.25) is 4.79 Å². The van der Waals surface area contributed by atoms with E-state index < -0.39 is 11.6 Å². The maximum Gasteiger partial charge on any atom is 0.211 e. The summed E-state index contributed by atoms with van der Waals surface area (Å²) in [5.74, 6) is -1.50. The van der Waals surface area contributed by atoms with Crippen LogP contribution in [0.25, 0.3) is 0 Å². The maximum absolute atomic E-state index is 13.0. The van der Waals surface area contributed by atoms with E-state index in [1.807, 2.05) is 0 Å². The van der Waals surface area contributed by atoms with Gasteiger partial charge in [-0.15, -0.1) is 0 Å². The zero-order valence-electron chi connectivity index (χ0n) is 6.90. The average molecular weight is 186 g/mol. The van der Waals surface area contributed by atoms with E-state index in [1.165, 1.54) is 7.05 Å². The largest absolute Gasteiger partial charge is 0.386 e. The van der Waals surface area contributed by atoms with E-state index in [-0.39, 0.29) is 11.4 Å². The molecular weight excluding hydrogens is 178 g/mol. The summed E-state index contributed by atoms with van der Waals surface area (Å²) in [5, 5.41) is 4.70. The highest BCUT2D eigenvalue weighted by atomic mass is 19.1. The molecule has 0 fully saturated rings. The summed E-state index contributed by atoms with van der Waals surface area (Å²) in [6, 6.07) is 1.79. The van der Waals surface area contributed by atoms with Gasteiger partial charge >= 0.3 is 0 Å². The van der Waals surface area contributed by atoms with Gasteiger partial charge in [0.2, 0.25) is 6.41 Å². The maximum atomic E-state index is 13.0. The number of carbonyl (C=O) groups excluding carboxylic acids is 1. The van der Waals surface area contributed by atoms with E-state index in [2.05, 4.69) is 10.6 Å². The molecule has 0 aliphatic carbocycles. The summed E-state index contributed by atoms with van der Waals surface area (Å²) in [5.41, 5.74) is 0.142. The van der Waals surface area contributed by atoms with Crippen molar-refractivity contribution in [1.29, 1.82) is 0 Å². The van der Waals surface area contributed by atoms with E-state index in [0.29, 0.717) is 12.5 Å². The molecule has 0 aromatic heterocycles. The first-order valence-corrected chi connectivity index (χ1v) is 3.56. The van der Waals surface area contributed by atoms with Crippen molar-refractivity contribution >= 4 is 17.8 Å². The van der Waals surface area contributed by atoms with Crippen molar-refractivity contribution in [2.75, 3.05) is 17.7 Å². The monoisotopic (exact) mass is 186 g/mol. The van der Waals surface area contributed by atoms with Gasteiger partial charge in [0.05, 0.1) is 5.69 Å². The molecule has 1 rings (SSSR count). The van der Waals surface area contributed by atoms with Crippen LogP contribution in [-0.2, 0) is 4.79 Å². The second-order valence-corrected chi connectivity index (χ2v) is 2.32. The van der Waals surface area contributed by atoms with E-state index in [4.69, 9.17) is 0 Å². The Bertz CT molecular complexity index is 328. The third kappa shape index (κ3) is 1.93. The molecule has 70 valence electrons. The normalized spacial score (nSPS) is 9.46. The summed E-state index contributed by atoms with van der Waals surface area (Å²) in [6.45, 7) is 0. The first-order valence-electron chi connectivity index (χ1n) is 3.56. The Kier molecular flexibility index (Phi) is 2.79. The van der Waals surface area contributed by atoms with Crippen molar-refractivity contribution in [3.8, 4) is 0 Å². The second-order valence-electron chi connectivity index (χ2n) is 2.32. The average Bonchev–Trinajstić information content (AvgIpc) is 2.09. The number of hydrogen-bond donors (Lipinski definition) is 2. The lowest BCUT2D eigenvalue weighted by atomic mass is 10.2.